The van der Waals surface area contributed by atoms with E-state index in [0.29, 0.717) is 25.9 Å². The number of β-amino-alcohol motifs (C(OH)–C–C–N with tert-alkyl or cyclic N) is 1. The van der Waals surface area contributed by atoms with E-state index in [-0.39, 0.29) is 5.91 Å². The number of nitrogens with zero attached hydrogens (tertiary/aromatic N) is 2. The van der Waals surface area contributed by atoms with Crippen LogP contribution in [0.1, 0.15) is 31.2 Å². The molecule has 0 unspecified atom stereocenters. The van der Waals surface area contributed by atoms with E-state index in [1.165, 1.54) is 4.70 Å². The lowest BCUT2D eigenvalue weighted by Gasteiger charge is -2.46. The first-order valence-corrected chi connectivity index (χ1v) is 8.26. The molecule has 1 fully saturated rings. The fourth-order valence-corrected chi connectivity index (χ4v) is 3.83. The highest BCUT2D eigenvalue weighted by Gasteiger charge is 2.42. The van der Waals surface area contributed by atoms with E-state index in [4.69, 9.17) is 0 Å². The fraction of sp³-hybridized carbons (Fsp3) is 0.500. The summed E-state index contributed by atoms with van der Waals surface area (Å²) < 4.78 is 1.17. The molecule has 4 nitrogen and oxygen atoms in total. The molecule has 0 bridgehead atoms. The van der Waals surface area contributed by atoms with Crippen LogP contribution in [0.2, 0.25) is 0 Å². The van der Waals surface area contributed by atoms with Crippen molar-refractivity contribution in [3.05, 3.63) is 29.3 Å². The van der Waals surface area contributed by atoms with E-state index in [0.717, 1.165) is 23.4 Å². The molecular formula is C16H20N2O2S. The lowest BCUT2D eigenvalue weighted by molar-refractivity contribution is -0.156. The number of aromatic nitrogens is 1. The molecule has 1 aliphatic rings. The zero-order chi connectivity index (χ0) is 14.9. The second-order valence-corrected chi connectivity index (χ2v) is 6.91. The van der Waals surface area contributed by atoms with Gasteiger partial charge in [-0.3, -0.25) is 4.79 Å². The largest absolute Gasteiger partial charge is 0.386 e. The Morgan fingerprint density at radius 1 is 1.43 bits per heavy atom. The summed E-state index contributed by atoms with van der Waals surface area (Å²) in [6, 6.07) is 8.03. The fourth-order valence-electron chi connectivity index (χ4n) is 2.86. The van der Waals surface area contributed by atoms with Crippen molar-refractivity contribution in [2.24, 2.45) is 0 Å². The van der Waals surface area contributed by atoms with Gasteiger partial charge in [0.05, 0.1) is 33.9 Å². The van der Waals surface area contributed by atoms with Crippen LogP contribution in [0.5, 0.6) is 0 Å². The summed E-state index contributed by atoms with van der Waals surface area (Å²) in [4.78, 5) is 18.4. The van der Waals surface area contributed by atoms with Crippen LogP contribution in [0, 0.1) is 0 Å². The molecule has 0 saturated carbocycles. The van der Waals surface area contributed by atoms with Crippen molar-refractivity contribution in [1.82, 2.24) is 9.88 Å². The molecule has 1 aromatic heterocycles. The first-order chi connectivity index (χ1) is 10.1. The van der Waals surface area contributed by atoms with Gasteiger partial charge in [-0.15, -0.1) is 11.3 Å². The molecule has 1 amide bonds. The van der Waals surface area contributed by atoms with Crippen LogP contribution in [-0.2, 0) is 11.2 Å². The number of carbonyl (C=O) groups is 1. The Labute approximate surface area is 128 Å². The summed E-state index contributed by atoms with van der Waals surface area (Å²) in [5.41, 5.74) is 0.367. The van der Waals surface area contributed by atoms with Crippen LogP contribution in [-0.4, -0.2) is 39.6 Å². The van der Waals surface area contributed by atoms with Gasteiger partial charge < -0.3 is 10.0 Å². The van der Waals surface area contributed by atoms with Crippen LogP contribution >= 0.6 is 11.3 Å². The topological polar surface area (TPSA) is 53.4 Å². The molecular weight excluding hydrogens is 284 g/mol. The van der Waals surface area contributed by atoms with Gasteiger partial charge in [0.15, 0.2) is 0 Å². The van der Waals surface area contributed by atoms with E-state index in [1.807, 2.05) is 18.2 Å². The number of benzene rings is 1. The zero-order valence-electron chi connectivity index (χ0n) is 12.2. The average molecular weight is 304 g/mol. The Morgan fingerprint density at radius 3 is 2.90 bits per heavy atom. The summed E-state index contributed by atoms with van der Waals surface area (Å²) in [5.74, 6) is 0.120. The third kappa shape index (κ3) is 3.09. The zero-order valence-corrected chi connectivity index (χ0v) is 13.0. The van der Waals surface area contributed by atoms with E-state index in [1.54, 1.807) is 16.2 Å². The summed E-state index contributed by atoms with van der Waals surface area (Å²) in [6.45, 7) is 3.02. The number of fused-ring (bicyclic) bond motifs is 1. The predicted molar refractivity (Wildman–Crippen MR) is 84.4 cm³/mol. The average Bonchev–Trinajstić information content (AvgIpc) is 2.85. The molecule has 1 N–H and O–H groups in total. The number of hydrogen-bond donors (Lipinski definition) is 1. The van der Waals surface area contributed by atoms with Crippen LogP contribution in [0.15, 0.2) is 24.3 Å². The van der Waals surface area contributed by atoms with Gasteiger partial charge in [0, 0.05) is 12.8 Å². The highest BCUT2D eigenvalue weighted by Crippen LogP contribution is 2.27. The summed E-state index contributed by atoms with van der Waals surface area (Å²) >= 11 is 1.65. The maximum atomic E-state index is 12.1. The van der Waals surface area contributed by atoms with Gasteiger partial charge in [-0.2, -0.15) is 0 Å². The van der Waals surface area contributed by atoms with Crippen LogP contribution in [0.4, 0.5) is 0 Å². The predicted octanol–water partition coefficient (Wildman–Crippen LogP) is 2.60. The van der Waals surface area contributed by atoms with E-state index in [9.17, 15) is 9.90 Å². The summed E-state index contributed by atoms with van der Waals surface area (Å²) in [6.07, 6.45) is 2.88. The van der Waals surface area contributed by atoms with Gasteiger partial charge in [0.1, 0.15) is 0 Å². The van der Waals surface area contributed by atoms with Crippen molar-refractivity contribution < 1.29 is 9.90 Å². The molecule has 0 aliphatic carbocycles. The molecule has 5 heteroatoms. The molecule has 2 heterocycles. The molecule has 0 radical (unpaired) electrons. The first-order valence-electron chi connectivity index (χ1n) is 7.44. The van der Waals surface area contributed by atoms with Crippen molar-refractivity contribution in [1.29, 1.82) is 0 Å². The number of aliphatic hydroxyl groups is 1. The Bertz CT molecular complexity index is 614. The number of likely N-dealkylation sites (tertiary alicyclic amines) is 1. The maximum Gasteiger partial charge on any atom is 0.223 e. The number of hydrogen-bond acceptors (Lipinski definition) is 4. The van der Waals surface area contributed by atoms with E-state index < -0.39 is 5.60 Å². The Hall–Kier alpha value is -1.46. The van der Waals surface area contributed by atoms with Gasteiger partial charge >= 0.3 is 0 Å². The normalized spacial score (nSPS) is 17.0. The second kappa shape index (κ2) is 5.73. The summed E-state index contributed by atoms with van der Waals surface area (Å²) in [5, 5.41) is 11.1. The molecule has 3 rings (SSSR count). The third-order valence-corrected chi connectivity index (χ3v) is 5.03. The van der Waals surface area contributed by atoms with Gasteiger partial charge in [-0.25, -0.2) is 4.98 Å². The maximum absolute atomic E-state index is 12.1. The molecule has 2 aromatic rings. The van der Waals surface area contributed by atoms with Gasteiger partial charge in [0.2, 0.25) is 5.91 Å². The first kappa shape index (κ1) is 14.5. The molecule has 0 atom stereocenters. The highest BCUT2D eigenvalue weighted by atomic mass is 32.1. The third-order valence-electron chi connectivity index (χ3n) is 3.93. The van der Waals surface area contributed by atoms with Crippen molar-refractivity contribution in [2.75, 3.05) is 13.1 Å². The Balaban J connectivity index is 1.52. The standard InChI is InChI=1S/C16H20N2O2S/c1-2-9-16(20)10-18(11-16)15(19)8-7-14-17-12-5-3-4-6-13(12)21-14/h3-6,20H,2,7-11H2,1H3. The lowest BCUT2D eigenvalue weighted by atomic mass is 9.89. The van der Waals surface area contributed by atoms with Gasteiger partial charge in [-0.05, 0) is 18.6 Å². The molecule has 0 spiro atoms. The number of para-hydroxylation sites is 1. The second-order valence-electron chi connectivity index (χ2n) is 5.80. The van der Waals surface area contributed by atoms with E-state index in [2.05, 4.69) is 18.0 Å². The number of thiazole rings is 1. The monoisotopic (exact) mass is 304 g/mol. The van der Waals surface area contributed by atoms with Crippen LogP contribution in [0.3, 0.4) is 0 Å². The minimum Gasteiger partial charge on any atom is -0.386 e. The molecule has 1 saturated heterocycles. The molecule has 1 aromatic carbocycles. The van der Waals surface area contributed by atoms with Gasteiger partial charge in [-0.1, -0.05) is 25.5 Å². The van der Waals surface area contributed by atoms with E-state index >= 15 is 0 Å². The minimum atomic E-state index is -0.639. The SMILES string of the molecule is CCCC1(O)CN(C(=O)CCc2nc3ccccc3s2)C1. The number of amides is 1. The molecule has 1 aliphatic heterocycles. The molecule has 112 valence electrons. The summed E-state index contributed by atoms with van der Waals surface area (Å²) in [7, 11) is 0. The number of aryl methyl sites for hydroxylation is 1. The molecule has 21 heavy (non-hydrogen) atoms. The number of rotatable bonds is 5. The Morgan fingerprint density at radius 2 is 2.19 bits per heavy atom. The van der Waals surface area contributed by atoms with Crippen LogP contribution < -0.4 is 0 Å². The Kier molecular flexibility index (Phi) is 3.95. The van der Waals surface area contributed by atoms with Crippen LogP contribution in [0.25, 0.3) is 10.2 Å². The lowest BCUT2D eigenvalue weighted by Crippen LogP contribution is -2.63. The quantitative estimate of drug-likeness (QED) is 0.924. The smallest absolute Gasteiger partial charge is 0.223 e. The van der Waals surface area contributed by atoms with Crippen molar-refractivity contribution in [3.8, 4) is 0 Å². The van der Waals surface area contributed by atoms with Crippen molar-refractivity contribution in [3.63, 3.8) is 0 Å². The van der Waals surface area contributed by atoms with Gasteiger partial charge in [0.25, 0.3) is 0 Å². The van der Waals surface area contributed by atoms with Crippen molar-refractivity contribution in [2.45, 2.75) is 38.2 Å². The minimum absolute atomic E-state index is 0.120. The highest BCUT2D eigenvalue weighted by molar-refractivity contribution is 7.18. The number of carbonyl (C=O) groups excluding carboxylic acids is 1. The van der Waals surface area contributed by atoms with Crippen molar-refractivity contribution >= 4 is 27.5 Å².